The third kappa shape index (κ3) is 10.1. The molecule has 5 N–H and O–H groups in total. The highest BCUT2D eigenvalue weighted by molar-refractivity contribution is 5.84. The molecule has 2 amide bonds. The molecule has 0 saturated heterocycles. The molecule has 5 rings (SSSR count). The molecule has 358 valence electrons. The molecule has 0 aromatic carbocycles. The predicted octanol–water partition coefficient (Wildman–Crippen LogP) is 9.88. The van der Waals surface area contributed by atoms with E-state index in [4.69, 9.17) is 9.84 Å². The van der Waals surface area contributed by atoms with Crippen molar-refractivity contribution in [2.24, 2.45) is 68.0 Å². The molecular weight excluding hydrogens is 797 g/mol. The van der Waals surface area contributed by atoms with Crippen molar-refractivity contribution in [3.05, 3.63) is 12.2 Å². The van der Waals surface area contributed by atoms with Gasteiger partial charge in [-0.15, -0.1) is 0 Å². The number of nitrogens with one attached hydrogen (secondary N) is 2. The predicted molar refractivity (Wildman–Crippen MR) is 245 cm³/mol. The van der Waals surface area contributed by atoms with E-state index in [1.165, 1.54) is 5.57 Å². The molecule has 0 aliphatic heterocycles. The number of carbonyl (C=O) groups excluding carboxylic acids is 3. The average molecular weight is 883 g/mol. The Balaban J connectivity index is 1.18. The minimum Gasteiger partial charge on any atom is -0.481 e. The molecular formula is C52H86N2O9. The van der Waals surface area contributed by atoms with Gasteiger partial charge in [-0.25, -0.2) is 0 Å². The lowest BCUT2D eigenvalue weighted by atomic mass is 9.32. The summed E-state index contributed by atoms with van der Waals surface area (Å²) in [5, 5.41) is 35.4. The molecule has 0 radical (unpaired) electrons. The van der Waals surface area contributed by atoms with Crippen LogP contribution in [0.25, 0.3) is 0 Å². The molecule has 5 fully saturated rings. The van der Waals surface area contributed by atoms with Gasteiger partial charge >= 0.3 is 17.9 Å². The first-order chi connectivity index (χ1) is 29.3. The van der Waals surface area contributed by atoms with Crippen molar-refractivity contribution in [3.8, 4) is 0 Å². The Morgan fingerprint density at radius 3 is 2.11 bits per heavy atom. The van der Waals surface area contributed by atoms with Crippen molar-refractivity contribution in [1.82, 2.24) is 10.6 Å². The van der Waals surface area contributed by atoms with Crippen molar-refractivity contribution in [1.29, 1.82) is 0 Å². The quantitative estimate of drug-likeness (QED) is 0.0452. The van der Waals surface area contributed by atoms with Crippen LogP contribution in [-0.4, -0.2) is 69.8 Å². The number of ether oxygens (including phenoxy) is 1. The van der Waals surface area contributed by atoms with Crippen LogP contribution in [0.4, 0.5) is 0 Å². The van der Waals surface area contributed by atoms with E-state index < -0.39 is 41.9 Å². The number of hydrogen-bond donors (Lipinski definition) is 5. The maximum atomic E-state index is 14.6. The van der Waals surface area contributed by atoms with E-state index >= 15 is 0 Å². The van der Waals surface area contributed by atoms with Gasteiger partial charge in [-0.05, 0) is 156 Å². The summed E-state index contributed by atoms with van der Waals surface area (Å²) in [4.78, 5) is 63.3. The van der Waals surface area contributed by atoms with E-state index in [0.717, 1.165) is 96.3 Å². The lowest BCUT2D eigenvalue weighted by Gasteiger charge is -2.72. The number of aliphatic carboxylic acids is 2. The summed E-state index contributed by atoms with van der Waals surface area (Å²) >= 11 is 0. The van der Waals surface area contributed by atoms with Crippen LogP contribution in [0, 0.1) is 68.0 Å². The summed E-state index contributed by atoms with van der Waals surface area (Å²) in [6.45, 7) is 26.7. The number of carboxylic acids is 2. The highest BCUT2D eigenvalue weighted by Crippen LogP contribution is 2.77. The number of hydrogen-bond acceptors (Lipinski definition) is 7. The molecule has 0 heterocycles. The first-order valence-electron chi connectivity index (χ1n) is 24.8. The number of fused-ring (bicyclic) bond motifs is 7. The van der Waals surface area contributed by atoms with E-state index in [1.54, 1.807) is 13.8 Å². The third-order valence-corrected chi connectivity index (χ3v) is 18.7. The Morgan fingerprint density at radius 2 is 1.48 bits per heavy atom. The SMILES string of the molecule is C=C(C)[C@@H]1CC[C@]2(C(=O)NCCCCCCCC(=O)N[C@@H](CC(C)C)[C@H](O)CC(=O)O)CC[C@]3(C)[C@H](CC[C@@H]4[C@@]5(C)CC[C@H](OC(=O)CC(C)(C)C(=O)O)C(C)(C)[C@@H]5CC[C@]43C)[C@@H]12. The fourth-order valence-corrected chi connectivity index (χ4v) is 15.1. The lowest BCUT2D eigenvalue weighted by Crippen LogP contribution is -2.67. The second-order valence-corrected chi connectivity index (χ2v) is 23.8. The largest absolute Gasteiger partial charge is 0.481 e. The van der Waals surface area contributed by atoms with Crippen molar-refractivity contribution in [2.75, 3.05) is 6.54 Å². The van der Waals surface area contributed by atoms with E-state index in [9.17, 15) is 34.2 Å². The second kappa shape index (κ2) is 19.5. The van der Waals surface area contributed by atoms with E-state index in [0.29, 0.717) is 43.1 Å². The zero-order valence-electron chi connectivity index (χ0n) is 40.8. The number of amides is 2. The lowest BCUT2D eigenvalue weighted by molar-refractivity contribution is -0.249. The van der Waals surface area contributed by atoms with Gasteiger partial charge in [-0.2, -0.15) is 0 Å². The Bertz CT molecular complexity index is 1710. The summed E-state index contributed by atoms with van der Waals surface area (Å²) in [6.07, 6.45) is 13.5. The summed E-state index contributed by atoms with van der Waals surface area (Å²) in [5.41, 5.74) is -0.309. The molecule has 0 unspecified atom stereocenters. The van der Waals surface area contributed by atoms with E-state index in [-0.39, 0.29) is 63.2 Å². The van der Waals surface area contributed by atoms with Crippen LogP contribution in [-0.2, 0) is 28.7 Å². The first kappa shape index (κ1) is 51.0. The van der Waals surface area contributed by atoms with Gasteiger partial charge in [-0.1, -0.05) is 79.9 Å². The van der Waals surface area contributed by atoms with Crippen LogP contribution in [0.3, 0.4) is 0 Å². The number of rotatable bonds is 20. The number of aliphatic hydroxyl groups excluding tert-OH is 1. The van der Waals surface area contributed by atoms with E-state index in [2.05, 4.69) is 58.8 Å². The molecule has 11 heteroatoms. The Labute approximate surface area is 379 Å². The number of carboxylic acid groups (broad SMARTS) is 2. The maximum Gasteiger partial charge on any atom is 0.309 e. The molecule has 63 heavy (non-hydrogen) atoms. The van der Waals surface area contributed by atoms with Crippen LogP contribution >= 0.6 is 0 Å². The smallest absolute Gasteiger partial charge is 0.309 e. The standard InChI is InChI=1S/C52H86N2O9/c1-32(2)29-36(37(55)30-42(57)58)54-41(56)17-15-13-12-14-16-28-53-45(60)52-25-20-34(33(3)4)44(52)35-18-19-39-49(9)23-22-40(63-43(59)31-47(5,6)46(61)62)48(7,8)38(49)21-24-51(39,11)50(35,10)26-27-52/h32,34-40,44,55H,3,12-31H2,1-2,4-11H3,(H,53,60)(H,54,56)(H,57,58)(H,61,62)/t34-,35+,36-,37+,38-,39+,40-,44+,49-,50+,51+,52-/m0/s1. The van der Waals surface area contributed by atoms with Crippen LogP contribution < -0.4 is 10.6 Å². The van der Waals surface area contributed by atoms with Gasteiger partial charge in [0.25, 0.3) is 0 Å². The number of unbranched alkanes of at least 4 members (excludes halogenated alkanes) is 4. The topological polar surface area (TPSA) is 179 Å². The van der Waals surface area contributed by atoms with Gasteiger partial charge < -0.3 is 30.7 Å². The van der Waals surface area contributed by atoms with Crippen LogP contribution in [0.2, 0.25) is 0 Å². The van der Waals surface area contributed by atoms with Gasteiger partial charge in [0.1, 0.15) is 6.10 Å². The molecule has 5 saturated carbocycles. The summed E-state index contributed by atoms with van der Waals surface area (Å²) in [5.74, 6) is -0.271. The zero-order valence-corrected chi connectivity index (χ0v) is 40.8. The Morgan fingerprint density at radius 1 is 0.810 bits per heavy atom. The molecule has 11 nitrogen and oxygen atoms in total. The summed E-state index contributed by atoms with van der Waals surface area (Å²) < 4.78 is 6.19. The normalized spacial score (nSPS) is 35.5. The highest BCUT2D eigenvalue weighted by Gasteiger charge is 2.72. The second-order valence-electron chi connectivity index (χ2n) is 23.8. The minimum absolute atomic E-state index is 0.0801. The zero-order chi connectivity index (χ0) is 46.9. The van der Waals surface area contributed by atoms with Crippen molar-refractivity contribution in [2.45, 2.75) is 209 Å². The molecule has 5 aliphatic rings. The van der Waals surface area contributed by atoms with Crippen molar-refractivity contribution >= 4 is 29.7 Å². The van der Waals surface area contributed by atoms with Gasteiger partial charge in [-0.3, -0.25) is 24.0 Å². The fraction of sp³-hybridized carbons (Fsp3) is 0.865. The van der Waals surface area contributed by atoms with Gasteiger partial charge in [0.2, 0.25) is 11.8 Å². The maximum absolute atomic E-state index is 14.6. The van der Waals surface area contributed by atoms with Gasteiger partial charge in [0.15, 0.2) is 0 Å². The molecule has 0 aromatic rings. The van der Waals surface area contributed by atoms with E-state index in [1.807, 2.05) is 13.8 Å². The number of aliphatic hydroxyl groups is 1. The monoisotopic (exact) mass is 883 g/mol. The third-order valence-electron chi connectivity index (χ3n) is 18.7. The Hall–Kier alpha value is -2.95. The summed E-state index contributed by atoms with van der Waals surface area (Å²) in [6, 6.07) is -0.575. The van der Waals surface area contributed by atoms with Gasteiger partial charge in [0.05, 0.1) is 35.8 Å². The summed E-state index contributed by atoms with van der Waals surface area (Å²) in [7, 11) is 0. The molecule has 12 atom stereocenters. The van der Waals surface area contributed by atoms with Crippen LogP contribution in [0.15, 0.2) is 12.2 Å². The molecule has 0 bridgehead atoms. The first-order valence-corrected chi connectivity index (χ1v) is 24.8. The Kier molecular flexibility index (Phi) is 15.8. The fourth-order valence-electron chi connectivity index (χ4n) is 15.1. The average Bonchev–Trinajstić information content (AvgIpc) is 3.58. The van der Waals surface area contributed by atoms with Crippen LogP contribution in [0.5, 0.6) is 0 Å². The molecule has 5 aliphatic carbocycles. The van der Waals surface area contributed by atoms with Crippen molar-refractivity contribution in [3.63, 3.8) is 0 Å². The number of esters is 1. The molecule has 0 spiro atoms. The molecule has 0 aromatic heterocycles. The minimum atomic E-state index is -1.17. The number of allylic oxidation sites excluding steroid dienone is 1. The van der Waals surface area contributed by atoms with Gasteiger partial charge in [0, 0.05) is 18.4 Å². The number of carbonyl (C=O) groups is 5. The van der Waals surface area contributed by atoms with Crippen molar-refractivity contribution < 1.29 is 44.0 Å². The highest BCUT2D eigenvalue weighted by atomic mass is 16.5. The van der Waals surface area contributed by atoms with Crippen LogP contribution in [0.1, 0.15) is 191 Å².